The summed E-state index contributed by atoms with van der Waals surface area (Å²) in [5.41, 5.74) is 6.81. The van der Waals surface area contributed by atoms with Gasteiger partial charge in [-0.05, 0) is 38.9 Å². The molecule has 120 valence electrons. The van der Waals surface area contributed by atoms with E-state index >= 15 is 0 Å². The minimum atomic E-state index is -2.81. The van der Waals surface area contributed by atoms with Gasteiger partial charge in [-0.3, -0.25) is 4.90 Å². The number of hydrogen-bond acceptors (Lipinski definition) is 3. The van der Waals surface area contributed by atoms with Crippen molar-refractivity contribution < 1.29 is 13.5 Å². The van der Waals surface area contributed by atoms with Gasteiger partial charge in [0.25, 0.3) is 0 Å². The highest BCUT2D eigenvalue weighted by Crippen LogP contribution is 2.29. The number of ether oxygens (including phenoxy) is 1. The average molecular weight is 300 g/mol. The molecule has 0 aromatic heterocycles. The second kappa shape index (κ2) is 8.29. The van der Waals surface area contributed by atoms with Crippen LogP contribution >= 0.6 is 0 Å². The van der Waals surface area contributed by atoms with Crippen molar-refractivity contribution in [2.45, 2.75) is 45.9 Å². The van der Waals surface area contributed by atoms with Gasteiger partial charge >= 0.3 is 6.61 Å². The SMILES string of the molecule is CC(C)C(N)CCN(C)C(C)c1ccccc1OC(F)F. The molecule has 0 spiro atoms. The summed E-state index contributed by atoms with van der Waals surface area (Å²) in [4.78, 5) is 2.11. The fourth-order valence-electron chi connectivity index (χ4n) is 2.15. The molecule has 0 radical (unpaired) electrons. The maximum atomic E-state index is 12.5. The highest BCUT2D eigenvalue weighted by molar-refractivity contribution is 5.35. The van der Waals surface area contributed by atoms with E-state index in [-0.39, 0.29) is 17.8 Å². The topological polar surface area (TPSA) is 38.5 Å². The minimum Gasteiger partial charge on any atom is -0.434 e. The number of nitrogens with zero attached hydrogens (tertiary/aromatic N) is 1. The van der Waals surface area contributed by atoms with Crippen LogP contribution in [0.4, 0.5) is 8.78 Å². The lowest BCUT2D eigenvalue weighted by molar-refractivity contribution is -0.0510. The molecule has 2 N–H and O–H groups in total. The van der Waals surface area contributed by atoms with Crippen LogP contribution < -0.4 is 10.5 Å². The summed E-state index contributed by atoms with van der Waals surface area (Å²) in [5.74, 6) is 0.670. The molecule has 3 nitrogen and oxygen atoms in total. The van der Waals surface area contributed by atoms with Crippen LogP contribution in [-0.2, 0) is 0 Å². The number of para-hydroxylation sites is 1. The minimum absolute atomic E-state index is 0.0145. The van der Waals surface area contributed by atoms with Gasteiger partial charge in [-0.2, -0.15) is 8.78 Å². The second-order valence-corrected chi connectivity index (χ2v) is 5.77. The van der Waals surface area contributed by atoms with E-state index < -0.39 is 6.61 Å². The third kappa shape index (κ3) is 5.59. The standard InChI is InChI=1S/C16H26F2N2O/c1-11(2)14(19)9-10-20(4)12(3)13-7-5-6-8-15(13)21-16(17)18/h5-8,11-12,14,16H,9-10,19H2,1-4H3. The van der Waals surface area contributed by atoms with E-state index in [2.05, 4.69) is 23.5 Å². The van der Waals surface area contributed by atoms with E-state index in [0.717, 1.165) is 18.5 Å². The van der Waals surface area contributed by atoms with E-state index in [1.165, 1.54) is 0 Å². The molecule has 1 aromatic rings. The molecular weight excluding hydrogens is 274 g/mol. The third-order valence-corrected chi connectivity index (χ3v) is 3.92. The van der Waals surface area contributed by atoms with Crippen molar-refractivity contribution in [3.63, 3.8) is 0 Å². The molecule has 21 heavy (non-hydrogen) atoms. The lowest BCUT2D eigenvalue weighted by atomic mass is 10.0. The highest BCUT2D eigenvalue weighted by Gasteiger charge is 2.19. The summed E-state index contributed by atoms with van der Waals surface area (Å²) in [6.45, 7) is 4.18. The fraction of sp³-hybridized carbons (Fsp3) is 0.625. The lowest BCUT2D eigenvalue weighted by Crippen LogP contribution is -2.33. The Balaban J connectivity index is 2.71. The molecule has 1 rings (SSSR count). The van der Waals surface area contributed by atoms with Gasteiger partial charge in [0.15, 0.2) is 0 Å². The number of benzene rings is 1. The zero-order chi connectivity index (χ0) is 16.0. The van der Waals surface area contributed by atoms with Crippen LogP contribution in [-0.4, -0.2) is 31.1 Å². The van der Waals surface area contributed by atoms with Gasteiger partial charge in [0, 0.05) is 17.6 Å². The van der Waals surface area contributed by atoms with Gasteiger partial charge in [0.1, 0.15) is 5.75 Å². The second-order valence-electron chi connectivity index (χ2n) is 5.77. The van der Waals surface area contributed by atoms with E-state index in [0.29, 0.717) is 5.92 Å². The van der Waals surface area contributed by atoms with Crippen molar-refractivity contribution in [3.8, 4) is 5.75 Å². The first-order valence-electron chi connectivity index (χ1n) is 7.32. The van der Waals surface area contributed by atoms with E-state index in [1.807, 2.05) is 26.1 Å². The van der Waals surface area contributed by atoms with Crippen molar-refractivity contribution in [3.05, 3.63) is 29.8 Å². The average Bonchev–Trinajstić information content (AvgIpc) is 2.43. The Bertz CT molecular complexity index is 426. The molecule has 0 bridgehead atoms. The molecule has 0 aliphatic heterocycles. The summed E-state index contributed by atoms with van der Waals surface area (Å²) in [5, 5.41) is 0. The predicted octanol–water partition coefficient (Wildman–Crippen LogP) is 3.65. The van der Waals surface area contributed by atoms with Crippen LogP contribution in [0.1, 0.15) is 38.8 Å². The molecular formula is C16H26F2N2O. The molecule has 2 atom stereocenters. The quantitative estimate of drug-likeness (QED) is 0.796. The first-order chi connectivity index (χ1) is 9.82. The Kier molecular flexibility index (Phi) is 7.05. The monoisotopic (exact) mass is 300 g/mol. The van der Waals surface area contributed by atoms with Crippen LogP contribution in [0.2, 0.25) is 0 Å². The Hall–Kier alpha value is -1.20. The zero-order valence-electron chi connectivity index (χ0n) is 13.2. The summed E-state index contributed by atoms with van der Waals surface area (Å²) in [6, 6.07) is 7.06. The summed E-state index contributed by atoms with van der Waals surface area (Å²) < 4.78 is 29.5. The molecule has 0 aliphatic carbocycles. The zero-order valence-corrected chi connectivity index (χ0v) is 13.2. The number of rotatable bonds is 8. The molecule has 1 aromatic carbocycles. The van der Waals surface area contributed by atoms with Crippen LogP contribution in [0.15, 0.2) is 24.3 Å². The van der Waals surface area contributed by atoms with Crippen molar-refractivity contribution in [1.29, 1.82) is 0 Å². The number of nitrogens with two attached hydrogens (primary N) is 1. The molecule has 0 heterocycles. The third-order valence-electron chi connectivity index (χ3n) is 3.92. The van der Waals surface area contributed by atoms with Crippen LogP contribution in [0.3, 0.4) is 0 Å². The van der Waals surface area contributed by atoms with Crippen molar-refractivity contribution in [2.75, 3.05) is 13.6 Å². The van der Waals surface area contributed by atoms with Crippen LogP contribution in [0.5, 0.6) is 5.75 Å². The maximum Gasteiger partial charge on any atom is 0.387 e. The largest absolute Gasteiger partial charge is 0.434 e. The van der Waals surface area contributed by atoms with Gasteiger partial charge in [-0.25, -0.2) is 0 Å². The fourth-order valence-corrected chi connectivity index (χ4v) is 2.15. The van der Waals surface area contributed by atoms with Crippen LogP contribution in [0, 0.1) is 5.92 Å². The van der Waals surface area contributed by atoms with Gasteiger partial charge < -0.3 is 10.5 Å². The van der Waals surface area contributed by atoms with E-state index in [4.69, 9.17) is 5.73 Å². The molecule has 0 amide bonds. The first-order valence-corrected chi connectivity index (χ1v) is 7.32. The molecule has 0 saturated carbocycles. The molecule has 5 heteroatoms. The summed E-state index contributed by atoms with van der Waals surface area (Å²) in [6.07, 6.45) is 0.871. The molecule has 0 aliphatic rings. The lowest BCUT2D eigenvalue weighted by Gasteiger charge is -2.28. The smallest absolute Gasteiger partial charge is 0.387 e. The molecule has 0 fully saturated rings. The first kappa shape index (κ1) is 17.9. The Morgan fingerprint density at radius 2 is 1.81 bits per heavy atom. The number of halogens is 2. The van der Waals surface area contributed by atoms with E-state index in [9.17, 15) is 8.78 Å². The normalized spacial score (nSPS) is 14.8. The summed E-state index contributed by atoms with van der Waals surface area (Å²) in [7, 11) is 1.97. The van der Waals surface area contributed by atoms with E-state index in [1.54, 1.807) is 12.1 Å². The number of alkyl halides is 2. The number of hydrogen-bond donors (Lipinski definition) is 1. The van der Waals surface area contributed by atoms with Gasteiger partial charge in [-0.1, -0.05) is 32.0 Å². The highest BCUT2D eigenvalue weighted by atomic mass is 19.3. The van der Waals surface area contributed by atoms with Gasteiger partial charge in [0.2, 0.25) is 0 Å². The Morgan fingerprint density at radius 1 is 1.19 bits per heavy atom. The van der Waals surface area contributed by atoms with Gasteiger partial charge in [-0.15, -0.1) is 0 Å². The maximum absolute atomic E-state index is 12.5. The Labute approximate surface area is 126 Å². The molecule has 0 saturated heterocycles. The Morgan fingerprint density at radius 3 is 2.38 bits per heavy atom. The summed E-state index contributed by atoms with van der Waals surface area (Å²) >= 11 is 0. The van der Waals surface area contributed by atoms with Gasteiger partial charge in [0.05, 0.1) is 0 Å². The van der Waals surface area contributed by atoms with Crippen molar-refractivity contribution >= 4 is 0 Å². The van der Waals surface area contributed by atoms with Crippen LogP contribution in [0.25, 0.3) is 0 Å². The van der Waals surface area contributed by atoms with Crippen molar-refractivity contribution in [2.24, 2.45) is 11.7 Å². The van der Waals surface area contributed by atoms with Crippen molar-refractivity contribution in [1.82, 2.24) is 4.90 Å². The molecule has 2 unspecified atom stereocenters. The predicted molar refractivity (Wildman–Crippen MR) is 81.5 cm³/mol.